The minimum absolute atomic E-state index is 0.0226. The average molecular weight is 579 g/mol. The molecule has 0 radical (unpaired) electrons. The quantitative estimate of drug-likeness (QED) is 0.113. The lowest BCUT2D eigenvalue weighted by Gasteiger charge is -2.39. The zero-order valence-corrected chi connectivity index (χ0v) is 25.1. The average Bonchev–Trinajstić information content (AvgIpc) is 3.25. The third-order valence-electron chi connectivity index (χ3n) is 6.66. The minimum atomic E-state index is -0.500. The zero-order chi connectivity index (χ0) is 30.3. The Hall–Kier alpha value is -4.25. The summed E-state index contributed by atoms with van der Waals surface area (Å²) < 4.78 is 19.4. The van der Waals surface area contributed by atoms with E-state index in [1.807, 2.05) is 59.0 Å². The number of imidazole rings is 1. The molecule has 0 saturated carbocycles. The van der Waals surface area contributed by atoms with E-state index < -0.39 is 5.60 Å². The van der Waals surface area contributed by atoms with Crippen LogP contribution in [0.15, 0.2) is 42.5 Å². The number of nitrogens with two attached hydrogens (primary N) is 1. The molecule has 11 heteroatoms. The number of likely N-dealkylation sites (tertiary alicyclic amines) is 1. The third kappa shape index (κ3) is 7.94. The van der Waals surface area contributed by atoms with E-state index in [1.165, 1.54) is 0 Å². The van der Waals surface area contributed by atoms with Crippen molar-refractivity contribution in [3.8, 4) is 5.75 Å². The number of aryl methyl sites for hydroxylation is 1. The second-order valence-electron chi connectivity index (χ2n) is 11.3. The Morgan fingerprint density at radius 3 is 2.67 bits per heavy atom. The first kappa shape index (κ1) is 30.7. The number of carbonyl (C=O) groups excluding carboxylic acids is 2. The molecule has 42 heavy (non-hydrogen) atoms. The second-order valence-corrected chi connectivity index (χ2v) is 11.3. The fraction of sp³-hybridized carbons (Fsp3) is 0.452. The van der Waals surface area contributed by atoms with Crippen LogP contribution >= 0.6 is 0 Å². The van der Waals surface area contributed by atoms with Gasteiger partial charge in [-0.1, -0.05) is 12.2 Å². The van der Waals surface area contributed by atoms with Crippen LogP contribution in [0.4, 0.5) is 22.1 Å². The molecule has 1 aromatic heterocycles. The molecule has 0 unspecified atom stereocenters. The molecular weight excluding hydrogens is 536 g/mol. The molecule has 4 N–H and O–H groups in total. The Morgan fingerprint density at radius 2 is 1.95 bits per heavy atom. The fourth-order valence-electron chi connectivity index (χ4n) is 4.61. The van der Waals surface area contributed by atoms with E-state index in [1.54, 1.807) is 17.0 Å². The van der Waals surface area contributed by atoms with Crippen molar-refractivity contribution in [1.82, 2.24) is 14.5 Å². The van der Waals surface area contributed by atoms with Crippen LogP contribution in [0.25, 0.3) is 11.0 Å². The van der Waals surface area contributed by atoms with E-state index in [0.29, 0.717) is 62.8 Å². The van der Waals surface area contributed by atoms with Crippen LogP contribution in [-0.4, -0.2) is 78.4 Å². The zero-order valence-electron chi connectivity index (χ0n) is 25.1. The molecule has 4 rings (SSSR count). The summed E-state index contributed by atoms with van der Waals surface area (Å²) in [6.07, 6.45) is 5.33. The maximum Gasteiger partial charge on any atom is 0.410 e. The molecule has 11 nitrogen and oxygen atoms in total. The highest BCUT2D eigenvalue weighted by Gasteiger charge is 2.34. The summed E-state index contributed by atoms with van der Waals surface area (Å²) >= 11 is 0. The summed E-state index contributed by atoms with van der Waals surface area (Å²) in [4.78, 5) is 29.4. The van der Waals surface area contributed by atoms with Crippen LogP contribution in [-0.2, 0) is 16.0 Å². The van der Waals surface area contributed by atoms with Gasteiger partial charge in [-0.05, 0) is 63.6 Å². The molecule has 226 valence electrons. The molecule has 1 aliphatic rings. The number of ether oxygens (including phenoxy) is 3. The number of fused-ring (bicyclic) bond motifs is 1. The van der Waals surface area contributed by atoms with Crippen LogP contribution in [0.5, 0.6) is 5.75 Å². The number of nitrogen functional groups attached to an aromatic ring is 1. The summed E-state index contributed by atoms with van der Waals surface area (Å²) in [5, 5.41) is 6.50. The number of amides is 1. The number of aldehydes is 1. The molecule has 2 aromatic carbocycles. The van der Waals surface area contributed by atoms with Crippen molar-refractivity contribution < 1.29 is 23.8 Å². The third-order valence-corrected chi connectivity index (χ3v) is 6.66. The molecule has 0 aliphatic carbocycles. The molecule has 1 amide bonds. The second kappa shape index (κ2) is 13.6. The van der Waals surface area contributed by atoms with E-state index in [9.17, 15) is 9.59 Å². The van der Waals surface area contributed by atoms with E-state index >= 15 is 0 Å². The van der Waals surface area contributed by atoms with E-state index in [2.05, 4.69) is 26.3 Å². The maximum atomic E-state index is 12.1. The van der Waals surface area contributed by atoms with Gasteiger partial charge in [-0.15, -0.1) is 0 Å². The van der Waals surface area contributed by atoms with Gasteiger partial charge < -0.3 is 40.0 Å². The van der Waals surface area contributed by atoms with Crippen LogP contribution in [0.2, 0.25) is 0 Å². The highest BCUT2D eigenvalue weighted by atomic mass is 16.6. The Morgan fingerprint density at radius 1 is 1.17 bits per heavy atom. The van der Waals surface area contributed by atoms with E-state index in [0.717, 1.165) is 34.5 Å². The first-order valence-electron chi connectivity index (χ1n) is 14.2. The van der Waals surface area contributed by atoms with Crippen LogP contribution in [0, 0.1) is 6.92 Å². The standard InChI is InChI=1S/C31H42N6O5/c1-21-15-24(32)28(27(16-21)41-14-8-13-40-23-18-36(19-23)30(39)42-31(2,3)4)34-11-6-7-12-37-26-10-9-22(20-38)17-25(26)35-29(37)33-5/h6-7,9-10,15-17,20,23,34H,8,11-14,18-19,32H2,1-5H3,(H,33,35)/b7-6+. The molecule has 1 fully saturated rings. The number of hydrogen-bond donors (Lipinski definition) is 3. The van der Waals surface area contributed by atoms with Crippen molar-refractivity contribution >= 4 is 40.7 Å². The molecule has 0 spiro atoms. The van der Waals surface area contributed by atoms with Gasteiger partial charge in [0.25, 0.3) is 0 Å². The molecule has 0 atom stereocenters. The van der Waals surface area contributed by atoms with Gasteiger partial charge >= 0.3 is 6.09 Å². The van der Waals surface area contributed by atoms with Crippen molar-refractivity contribution in [1.29, 1.82) is 0 Å². The predicted molar refractivity (Wildman–Crippen MR) is 166 cm³/mol. The van der Waals surface area contributed by atoms with Crippen molar-refractivity contribution in [2.45, 2.75) is 52.4 Å². The number of rotatable bonds is 13. The number of nitrogens with zero attached hydrogens (tertiary/aromatic N) is 3. The number of benzene rings is 2. The van der Waals surface area contributed by atoms with Crippen LogP contribution in [0.3, 0.4) is 0 Å². The lowest BCUT2D eigenvalue weighted by molar-refractivity contribution is -0.0647. The first-order chi connectivity index (χ1) is 20.1. The molecule has 2 heterocycles. The number of aromatic nitrogens is 2. The van der Waals surface area contributed by atoms with E-state index in [-0.39, 0.29) is 12.2 Å². The Labute approximate surface area is 247 Å². The molecule has 1 aliphatic heterocycles. The molecular formula is C31H42N6O5. The first-order valence-corrected chi connectivity index (χ1v) is 14.2. The summed E-state index contributed by atoms with van der Waals surface area (Å²) in [5.74, 6) is 1.43. The van der Waals surface area contributed by atoms with E-state index in [4.69, 9.17) is 19.9 Å². The van der Waals surface area contributed by atoms with Gasteiger partial charge in [-0.3, -0.25) is 4.79 Å². The maximum absolute atomic E-state index is 12.1. The van der Waals surface area contributed by atoms with Crippen molar-refractivity contribution in [3.05, 3.63) is 53.6 Å². The van der Waals surface area contributed by atoms with Crippen LogP contribution < -0.4 is 21.1 Å². The normalized spacial score (nSPS) is 13.8. The van der Waals surface area contributed by atoms with Crippen molar-refractivity contribution in [3.63, 3.8) is 0 Å². The molecule has 0 bridgehead atoms. The number of allylic oxidation sites excluding steroid dienone is 1. The molecule has 3 aromatic rings. The number of anilines is 3. The summed E-state index contributed by atoms with van der Waals surface area (Å²) in [7, 11) is 1.82. The Bertz CT molecular complexity index is 1420. The molecule has 1 saturated heterocycles. The van der Waals surface area contributed by atoms with Gasteiger partial charge in [0.2, 0.25) is 5.95 Å². The number of carbonyl (C=O) groups is 2. The number of hydrogen-bond acceptors (Lipinski definition) is 9. The van der Waals surface area contributed by atoms with Gasteiger partial charge in [0.15, 0.2) is 0 Å². The fourth-order valence-corrected chi connectivity index (χ4v) is 4.61. The van der Waals surface area contributed by atoms with Gasteiger partial charge in [0, 0.05) is 32.1 Å². The monoisotopic (exact) mass is 578 g/mol. The van der Waals surface area contributed by atoms with Gasteiger partial charge in [0.1, 0.15) is 23.3 Å². The van der Waals surface area contributed by atoms with Crippen molar-refractivity contribution in [2.24, 2.45) is 0 Å². The topological polar surface area (TPSA) is 133 Å². The SMILES string of the molecule is CNc1nc2cc(C=O)ccc2n1C/C=C/CNc1c(N)cc(C)cc1OCCCOC1CN(C(=O)OC(C)(C)C)C1. The highest BCUT2D eigenvalue weighted by Crippen LogP contribution is 2.32. The summed E-state index contributed by atoms with van der Waals surface area (Å²) in [6, 6.07) is 9.37. The van der Waals surface area contributed by atoms with Gasteiger partial charge in [0.05, 0.1) is 49.1 Å². The minimum Gasteiger partial charge on any atom is -0.491 e. The summed E-state index contributed by atoms with van der Waals surface area (Å²) in [6.45, 7) is 10.8. The lowest BCUT2D eigenvalue weighted by Crippen LogP contribution is -2.56. The van der Waals surface area contributed by atoms with Gasteiger partial charge in [-0.25, -0.2) is 9.78 Å². The highest BCUT2D eigenvalue weighted by molar-refractivity contribution is 5.86. The smallest absolute Gasteiger partial charge is 0.410 e. The lowest BCUT2D eigenvalue weighted by atomic mass is 10.1. The number of nitrogens with one attached hydrogen (secondary N) is 2. The Kier molecular flexibility index (Phi) is 9.95. The van der Waals surface area contributed by atoms with Crippen LogP contribution in [0.1, 0.15) is 43.1 Å². The van der Waals surface area contributed by atoms with Crippen molar-refractivity contribution in [2.75, 3.05) is 56.3 Å². The van der Waals surface area contributed by atoms with Gasteiger partial charge in [-0.2, -0.15) is 0 Å². The predicted octanol–water partition coefficient (Wildman–Crippen LogP) is 4.85. The Balaban J connectivity index is 1.23. The summed E-state index contributed by atoms with van der Waals surface area (Å²) in [5.41, 5.74) is 10.5. The largest absolute Gasteiger partial charge is 0.491 e.